The molecule has 0 unspecified atom stereocenters. The van der Waals surface area contributed by atoms with Crippen LogP contribution in [-0.4, -0.2) is 48.7 Å². The monoisotopic (exact) mass is 364 g/mol. The highest BCUT2D eigenvalue weighted by atomic mass is 16.2. The predicted octanol–water partition coefficient (Wildman–Crippen LogP) is 0.654. The number of hydrogen-bond donors (Lipinski definition) is 1. The fraction of sp³-hybridized carbons (Fsp3) is 0.222. The lowest BCUT2D eigenvalue weighted by Crippen LogP contribution is -2.40. The van der Waals surface area contributed by atoms with Crippen molar-refractivity contribution >= 4 is 23.5 Å². The fourth-order valence-corrected chi connectivity index (χ4v) is 3.17. The molecule has 1 aliphatic heterocycles. The van der Waals surface area contributed by atoms with Crippen molar-refractivity contribution in [2.75, 3.05) is 6.54 Å². The van der Waals surface area contributed by atoms with Gasteiger partial charge in [0.05, 0.1) is 17.7 Å². The van der Waals surface area contributed by atoms with Crippen LogP contribution in [0.5, 0.6) is 0 Å². The van der Waals surface area contributed by atoms with Gasteiger partial charge >= 0.3 is 0 Å². The first kappa shape index (κ1) is 16.8. The third kappa shape index (κ3) is 2.82. The zero-order valence-corrected chi connectivity index (χ0v) is 14.8. The maximum absolute atomic E-state index is 12.3. The highest BCUT2D eigenvalue weighted by Crippen LogP contribution is 2.21. The van der Waals surface area contributed by atoms with Crippen molar-refractivity contribution in [1.82, 2.24) is 29.8 Å². The second-order valence-corrected chi connectivity index (χ2v) is 6.31. The fourth-order valence-electron chi connectivity index (χ4n) is 3.17. The third-order valence-electron chi connectivity index (χ3n) is 4.38. The van der Waals surface area contributed by atoms with E-state index in [9.17, 15) is 14.4 Å². The van der Waals surface area contributed by atoms with E-state index < -0.39 is 17.7 Å². The van der Waals surface area contributed by atoms with Crippen LogP contribution in [0, 0.1) is 13.8 Å². The van der Waals surface area contributed by atoms with Gasteiger partial charge in [0.2, 0.25) is 5.91 Å². The second-order valence-electron chi connectivity index (χ2n) is 6.31. The van der Waals surface area contributed by atoms with E-state index in [1.54, 1.807) is 28.7 Å². The normalized spacial score (nSPS) is 13.3. The largest absolute Gasteiger partial charge is 0.347 e. The summed E-state index contributed by atoms with van der Waals surface area (Å²) in [6.45, 7) is 3.52. The predicted molar refractivity (Wildman–Crippen MR) is 93.9 cm³/mol. The summed E-state index contributed by atoms with van der Waals surface area (Å²) >= 11 is 0. The Hall–Kier alpha value is -3.62. The van der Waals surface area contributed by atoms with Gasteiger partial charge in [-0.15, -0.1) is 10.2 Å². The number of fused-ring (bicyclic) bond motifs is 2. The minimum atomic E-state index is -0.464. The van der Waals surface area contributed by atoms with Crippen LogP contribution in [0.4, 0.5) is 0 Å². The summed E-state index contributed by atoms with van der Waals surface area (Å²) in [5.74, 6) is -0.412. The molecule has 0 aliphatic carbocycles. The van der Waals surface area contributed by atoms with Crippen LogP contribution in [0.15, 0.2) is 30.3 Å². The molecule has 3 amide bonds. The van der Waals surface area contributed by atoms with Crippen LogP contribution < -0.4 is 5.32 Å². The molecule has 27 heavy (non-hydrogen) atoms. The average molecular weight is 364 g/mol. The summed E-state index contributed by atoms with van der Waals surface area (Å²) in [5.41, 5.74) is 2.35. The van der Waals surface area contributed by atoms with E-state index in [1.807, 2.05) is 19.9 Å². The van der Waals surface area contributed by atoms with Crippen molar-refractivity contribution in [3.05, 3.63) is 58.7 Å². The van der Waals surface area contributed by atoms with E-state index >= 15 is 0 Å². The number of nitrogens with zero attached hydrogens (tertiary/aromatic N) is 5. The van der Waals surface area contributed by atoms with E-state index in [-0.39, 0.29) is 13.1 Å². The first-order valence-electron chi connectivity index (χ1n) is 8.36. The van der Waals surface area contributed by atoms with E-state index in [2.05, 4.69) is 20.5 Å². The molecule has 0 spiro atoms. The van der Waals surface area contributed by atoms with Crippen molar-refractivity contribution in [3.63, 3.8) is 0 Å². The zero-order chi connectivity index (χ0) is 19.1. The minimum Gasteiger partial charge on any atom is -0.347 e. The Morgan fingerprint density at radius 2 is 1.74 bits per heavy atom. The number of benzene rings is 1. The molecule has 9 heteroatoms. The number of aromatic nitrogens is 4. The molecule has 0 atom stereocenters. The summed E-state index contributed by atoms with van der Waals surface area (Å²) in [6, 6.07) is 8.41. The van der Waals surface area contributed by atoms with Crippen molar-refractivity contribution < 1.29 is 14.4 Å². The lowest BCUT2D eigenvalue weighted by molar-refractivity contribution is -0.121. The van der Waals surface area contributed by atoms with Gasteiger partial charge in [-0.25, -0.2) is 4.98 Å². The number of aryl methyl sites for hydroxylation is 2. The summed E-state index contributed by atoms with van der Waals surface area (Å²) < 4.78 is 1.75. The molecule has 0 fully saturated rings. The van der Waals surface area contributed by atoms with Crippen LogP contribution in [0.1, 0.15) is 37.9 Å². The van der Waals surface area contributed by atoms with Gasteiger partial charge in [-0.2, -0.15) is 0 Å². The molecule has 9 nitrogen and oxygen atoms in total. The van der Waals surface area contributed by atoms with E-state index in [1.165, 1.54) is 0 Å². The lowest BCUT2D eigenvalue weighted by Gasteiger charge is -2.13. The van der Waals surface area contributed by atoms with Crippen LogP contribution in [0.3, 0.4) is 0 Å². The smallest absolute Gasteiger partial charge is 0.262 e. The number of rotatable bonds is 4. The minimum absolute atomic E-state index is 0.106. The number of imide groups is 1. The molecule has 3 heterocycles. The van der Waals surface area contributed by atoms with Gasteiger partial charge in [0.15, 0.2) is 5.82 Å². The maximum Gasteiger partial charge on any atom is 0.262 e. The number of amides is 3. The molecule has 1 aliphatic rings. The first-order chi connectivity index (χ1) is 13.0. The number of carbonyl (C=O) groups is 3. The van der Waals surface area contributed by atoms with Crippen LogP contribution in [0.2, 0.25) is 0 Å². The topological polar surface area (TPSA) is 110 Å². The Kier molecular flexibility index (Phi) is 3.91. The summed E-state index contributed by atoms with van der Waals surface area (Å²) in [7, 11) is 0. The van der Waals surface area contributed by atoms with Crippen molar-refractivity contribution in [3.8, 4) is 0 Å². The quantitative estimate of drug-likeness (QED) is 0.681. The van der Waals surface area contributed by atoms with Crippen LogP contribution in [0.25, 0.3) is 5.78 Å². The number of carbonyl (C=O) groups excluding carboxylic acids is 3. The van der Waals surface area contributed by atoms with Crippen LogP contribution in [-0.2, 0) is 11.3 Å². The molecule has 0 saturated carbocycles. The highest BCUT2D eigenvalue weighted by Gasteiger charge is 2.36. The Morgan fingerprint density at radius 1 is 1.07 bits per heavy atom. The number of nitrogens with one attached hydrogen (secondary N) is 1. The van der Waals surface area contributed by atoms with Crippen LogP contribution >= 0.6 is 0 Å². The summed E-state index contributed by atoms with van der Waals surface area (Å²) in [6.07, 6.45) is 0. The molecule has 1 aromatic carbocycles. The summed E-state index contributed by atoms with van der Waals surface area (Å²) in [5, 5.41) is 10.7. The van der Waals surface area contributed by atoms with Gasteiger partial charge in [0.1, 0.15) is 6.54 Å². The first-order valence-corrected chi connectivity index (χ1v) is 8.36. The second kappa shape index (κ2) is 6.27. The molecule has 2 aromatic heterocycles. The maximum atomic E-state index is 12.3. The Morgan fingerprint density at radius 3 is 2.41 bits per heavy atom. The van der Waals surface area contributed by atoms with E-state index in [0.717, 1.165) is 16.3 Å². The number of hydrogen-bond acceptors (Lipinski definition) is 6. The van der Waals surface area contributed by atoms with Gasteiger partial charge in [-0.05, 0) is 32.0 Å². The molecule has 136 valence electrons. The van der Waals surface area contributed by atoms with E-state index in [0.29, 0.717) is 22.7 Å². The van der Waals surface area contributed by atoms with E-state index in [4.69, 9.17) is 0 Å². The molecular formula is C18H16N6O3. The highest BCUT2D eigenvalue weighted by molar-refractivity contribution is 6.22. The van der Waals surface area contributed by atoms with Gasteiger partial charge in [-0.3, -0.25) is 23.7 Å². The SMILES string of the molecule is Cc1cc(C)n2c(CNC(=O)CN3C(=O)c4ccccc4C3=O)nnc2n1. The standard InChI is InChI=1S/C18H16N6O3/c1-10-7-11(2)24-14(21-22-18(24)20-10)8-19-15(25)9-23-16(26)12-5-3-4-6-13(12)17(23)27/h3-7H,8-9H2,1-2H3,(H,19,25). The Balaban J connectivity index is 1.46. The van der Waals surface area contributed by atoms with Gasteiger partial charge in [0.25, 0.3) is 17.6 Å². The zero-order valence-electron chi connectivity index (χ0n) is 14.8. The molecule has 1 N–H and O–H groups in total. The molecule has 0 bridgehead atoms. The average Bonchev–Trinajstić information content (AvgIpc) is 3.15. The summed E-state index contributed by atoms with van der Waals surface area (Å²) in [4.78, 5) is 42.1. The van der Waals surface area contributed by atoms with Gasteiger partial charge < -0.3 is 5.32 Å². The molecule has 0 saturated heterocycles. The van der Waals surface area contributed by atoms with Crippen molar-refractivity contribution in [2.24, 2.45) is 0 Å². The molecular weight excluding hydrogens is 348 g/mol. The lowest BCUT2D eigenvalue weighted by atomic mass is 10.1. The third-order valence-corrected chi connectivity index (χ3v) is 4.38. The Labute approximate surface area is 154 Å². The molecule has 3 aromatic rings. The van der Waals surface area contributed by atoms with Gasteiger partial charge in [0, 0.05) is 11.4 Å². The molecule has 0 radical (unpaired) electrons. The Bertz CT molecular complexity index is 1070. The van der Waals surface area contributed by atoms with Gasteiger partial charge in [-0.1, -0.05) is 12.1 Å². The van der Waals surface area contributed by atoms with Crippen molar-refractivity contribution in [2.45, 2.75) is 20.4 Å². The molecule has 4 rings (SSSR count). The van der Waals surface area contributed by atoms with Crippen molar-refractivity contribution in [1.29, 1.82) is 0 Å².